The normalized spacial score (nSPS) is 11.5. The number of nitrogens with zero attached hydrogens (tertiary/aromatic N) is 5. The van der Waals surface area contributed by atoms with Gasteiger partial charge in [-0.25, -0.2) is 8.42 Å². The third-order valence-electron chi connectivity index (χ3n) is 6.92. The van der Waals surface area contributed by atoms with Gasteiger partial charge in [-0.05, 0) is 71.8 Å². The first-order valence-electron chi connectivity index (χ1n) is 14.8. The van der Waals surface area contributed by atoms with Crippen LogP contribution in [0, 0.1) is 6.08 Å². The molecule has 0 bridgehead atoms. The summed E-state index contributed by atoms with van der Waals surface area (Å²) in [6, 6.07) is 17.0. The minimum atomic E-state index is -3.41. The second-order valence-corrected chi connectivity index (χ2v) is 15.2. The Kier molecular flexibility index (Phi) is 12.2. The third-order valence-corrected chi connectivity index (χ3v) is 9.95. The van der Waals surface area contributed by atoms with Crippen LogP contribution in [0.5, 0.6) is 5.75 Å². The highest BCUT2D eigenvalue weighted by atomic mass is 32.2. The molecule has 0 radical (unpaired) electrons. The first-order valence-corrected chi connectivity index (χ1v) is 18.7. The summed E-state index contributed by atoms with van der Waals surface area (Å²) in [6.45, 7) is 6.98. The van der Waals surface area contributed by atoms with Crippen molar-refractivity contribution in [3.8, 4) is 5.75 Å². The van der Waals surface area contributed by atoms with Crippen LogP contribution in [0.4, 0.5) is 44.7 Å². The molecule has 4 aromatic carbocycles. The molecule has 0 aliphatic rings. The first-order chi connectivity index (χ1) is 24.3. The molecule has 51 heavy (non-hydrogen) atoms. The number of carbonyl (C=O) groups is 1. The number of aromatic nitrogens is 3. The Bertz CT molecular complexity index is 2310. The number of fused-ring (bicyclic) bond motifs is 1. The lowest BCUT2D eigenvalue weighted by Crippen LogP contribution is -2.13. The number of benzene rings is 4. The molecule has 0 aliphatic heterocycles. The summed E-state index contributed by atoms with van der Waals surface area (Å²) in [5.41, 5.74) is 1.54. The van der Waals surface area contributed by atoms with Gasteiger partial charge in [-0.1, -0.05) is 31.0 Å². The number of hydrogen-bond donors (Lipinski definition) is 7. The molecule has 12 nitrogen and oxygen atoms in total. The van der Waals surface area contributed by atoms with Crippen molar-refractivity contribution in [3.05, 3.63) is 90.7 Å². The van der Waals surface area contributed by atoms with Crippen LogP contribution in [0.2, 0.25) is 0 Å². The zero-order valence-electron chi connectivity index (χ0n) is 26.4. The van der Waals surface area contributed by atoms with Crippen molar-refractivity contribution in [1.29, 1.82) is 0 Å². The van der Waals surface area contributed by atoms with Crippen LogP contribution < -0.4 is 16.0 Å². The molecule has 0 atom stereocenters. The van der Waals surface area contributed by atoms with E-state index < -0.39 is 21.8 Å². The predicted molar refractivity (Wildman–Crippen MR) is 209 cm³/mol. The number of halogens is 1. The number of hydrogen-bond acceptors (Lipinski definition) is 15. The molecule has 5 aromatic rings. The average molecular weight is 781 g/mol. The van der Waals surface area contributed by atoms with Gasteiger partial charge in [0.05, 0.1) is 11.4 Å². The highest BCUT2D eigenvalue weighted by Crippen LogP contribution is 2.45. The summed E-state index contributed by atoms with van der Waals surface area (Å²) < 4.78 is 37.8. The number of carbonyl (C=O) groups excluding carboxylic acids is 1. The number of thioether (sulfide) groups is 1. The molecule has 1 aromatic heterocycles. The minimum Gasteiger partial charge on any atom is -0.505 e. The summed E-state index contributed by atoms with van der Waals surface area (Å²) in [7, 11) is -3.41. The van der Waals surface area contributed by atoms with Crippen LogP contribution in [0.25, 0.3) is 10.8 Å². The SMILES string of the molecule is C=CSc1cccc(Nc2nc(F)nc(Nc3cc(S)cc4cc(S)c(/N=N/c5cc(NC(=O)CCCS(=O)(=O)C=C)ccc5S)c(O)c34)n2)c1. The van der Waals surface area contributed by atoms with Gasteiger partial charge in [-0.2, -0.15) is 19.3 Å². The molecule has 0 saturated carbocycles. The van der Waals surface area contributed by atoms with E-state index in [0.29, 0.717) is 26.6 Å². The lowest BCUT2D eigenvalue weighted by atomic mass is 10.1. The van der Waals surface area contributed by atoms with E-state index in [-0.39, 0.29) is 63.6 Å². The molecule has 0 saturated heterocycles. The molecule has 0 aliphatic carbocycles. The van der Waals surface area contributed by atoms with Gasteiger partial charge in [-0.15, -0.1) is 48.1 Å². The summed E-state index contributed by atoms with van der Waals surface area (Å²) in [5, 5.41) is 32.0. The van der Waals surface area contributed by atoms with Crippen LogP contribution in [-0.4, -0.2) is 40.1 Å². The van der Waals surface area contributed by atoms with Gasteiger partial charge in [-0.3, -0.25) is 4.79 Å². The van der Waals surface area contributed by atoms with Gasteiger partial charge < -0.3 is 21.1 Å². The Hall–Kier alpha value is -4.62. The van der Waals surface area contributed by atoms with E-state index in [2.05, 4.69) is 92.2 Å². The van der Waals surface area contributed by atoms with E-state index in [0.717, 1.165) is 10.3 Å². The summed E-state index contributed by atoms with van der Waals surface area (Å²) in [5.74, 6) is -1.10. The van der Waals surface area contributed by atoms with Gasteiger partial charge in [0, 0.05) is 48.2 Å². The van der Waals surface area contributed by atoms with E-state index >= 15 is 0 Å². The second-order valence-electron chi connectivity index (χ2n) is 10.6. The molecule has 18 heteroatoms. The Morgan fingerprint density at radius 3 is 2.45 bits per heavy atom. The van der Waals surface area contributed by atoms with Crippen molar-refractivity contribution in [3.63, 3.8) is 0 Å². The Morgan fingerprint density at radius 2 is 1.71 bits per heavy atom. The maximum atomic E-state index is 14.6. The quantitative estimate of drug-likeness (QED) is 0.0328. The Morgan fingerprint density at radius 1 is 0.941 bits per heavy atom. The summed E-state index contributed by atoms with van der Waals surface area (Å²) >= 11 is 14.9. The van der Waals surface area contributed by atoms with Crippen LogP contribution in [-0.2, 0) is 14.6 Å². The maximum absolute atomic E-state index is 14.6. The van der Waals surface area contributed by atoms with Crippen LogP contribution in [0.15, 0.2) is 114 Å². The van der Waals surface area contributed by atoms with E-state index in [9.17, 15) is 22.7 Å². The van der Waals surface area contributed by atoms with Crippen molar-refractivity contribution >= 4 is 116 Å². The molecule has 1 heterocycles. The lowest BCUT2D eigenvalue weighted by Gasteiger charge is -2.14. The largest absolute Gasteiger partial charge is 0.505 e. The van der Waals surface area contributed by atoms with Crippen molar-refractivity contribution in [2.45, 2.75) is 32.4 Å². The van der Waals surface area contributed by atoms with Crippen molar-refractivity contribution in [2.24, 2.45) is 10.2 Å². The molecule has 4 N–H and O–H groups in total. The lowest BCUT2D eigenvalue weighted by molar-refractivity contribution is -0.116. The number of sulfone groups is 1. The molecule has 5 rings (SSSR count). The van der Waals surface area contributed by atoms with Crippen molar-refractivity contribution in [1.82, 2.24) is 15.0 Å². The Labute approximate surface area is 313 Å². The Balaban J connectivity index is 1.41. The number of aromatic hydroxyl groups is 1. The van der Waals surface area contributed by atoms with Crippen LogP contribution in [0.1, 0.15) is 12.8 Å². The fourth-order valence-electron chi connectivity index (χ4n) is 4.66. The minimum absolute atomic E-state index is 0.00727. The zero-order valence-corrected chi connectivity index (χ0v) is 30.7. The van der Waals surface area contributed by atoms with Crippen molar-refractivity contribution in [2.75, 3.05) is 21.7 Å². The fraction of sp³-hybridized carbons (Fsp3) is 0.0909. The highest BCUT2D eigenvalue weighted by Gasteiger charge is 2.18. The number of phenols is 1. The number of anilines is 5. The second kappa shape index (κ2) is 16.6. The predicted octanol–water partition coefficient (Wildman–Crippen LogP) is 9.15. The standard InChI is InChI=1S/C33H29FN8O4S5/c1-3-50-22-8-5-7-19(15-22)36-32-38-31(34)39-33(40-32)37-24-17-21(47)13-18-14-26(49)29(30(44)28(18)24)42-41-23-16-20(10-11-25(23)48)35-27(43)9-6-12-51(45,46)4-2/h3-5,7-8,10-11,13-17,44,47-49H,1-2,6,9,12H2,(H,35,43)(H2,36,37,38,39,40)/b42-41+. The maximum Gasteiger partial charge on any atom is 0.315 e. The molecule has 262 valence electrons. The molecule has 0 unspecified atom stereocenters. The smallest absolute Gasteiger partial charge is 0.315 e. The van der Waals surface area contributed by atoms with Gasteiger partial charge in [0.1, 0.15) is 11.4 Å². The molecule has 0 fully saturated rings. The first kappa shape index (κ1) is 37.6. The van der Waals surface area contributed by atoms with E-state index in [4.69, 9.17) is 0 Å². The zero-order chi connectivity index (χ0) is 36.7. The number of phenolic OH excluding ortho intramolecular Hbond substituents is 1. The number of amides is 1. The average Bonchev–Trinajstić information content (AvgIpc) is 3.05. The molecule has 1 amide bonds. The number of nitrogens with one attached hydrogen (secondary N) is 3. The fourth-order valence-corrected chi connectivity index (χ4v) is 6.66. The van der Waals surface area contributed by atoms with Crippen LogP contribution >= 0.6 is 49.6 Å². The highest BCUT2D eigenvalue weighted by molar-refractivity contribution is 8.02. The van der Waals surface area contributed by atoms with E-state index in [1.54, 1.807) is 41.8 Å². The van der Waals surface area contributed by atoms with Crippen molar-refractivity contribution < 1.29 is 22.7 Å². The van der Waals surface area contributed by atoms with Gasteiger partial charge in [0.2, 0.25) is 17.8 Å². The number of thiol groups is 3. The van der Waals surface area contributed by atoms with E-state index in [1.807, 2.05) is 18.2 Å². The molecular formula is C33H29FN8O4S5. The molecule has 0 spiro atoms. The number of rotatable bonds is 14. The molecular weight excluding hydrogens is 752 g/mol. The van der Waals surface area contributed by atoms with E-state index in [1.165, 1.54) is 17.8 Å². The van der Waals surface area contributed by atoms with Gasteiger partial charge in [0.25, 0.3) is 0 Å². The van der Waals surface area contributed by atoms with Gasteiger partial charge >= 0.3 is 6.08 Å². The third kappa shape index (κ3) is 10.0. The van der Waals surface area contributed by atoms with Crippen LogP contribution in [0.3, 0.4) is 0 Å². The number of azo groups is 1. The topological polar surface area (TPSA) is 171 Å². The monoisotopic (exact) mass is 780 g/mol. The van der Waals surface area contributed by atoms with Gasteiger partial charge in [0.15, 0.2) is 15.6 Å². The summed E-state index contributed by atoms with van der Waals surface area (Å²) in [6.07, 6.45) is -0.946. The summed E-state index contributed by atoms with van der Waals surface area (Å²) in [4.78, 5) is 26.4.